The van der Waals surface area contributed by atoms with Gasteiger partial charge in [-0.2, -0.15) is 0 Å². The molecule has 2 aliphatic rings. The zero-order chi connectivity index (χ0) is 19.4. The van der Waals surface area contributed by atoms with Gasteiger partial charge in [-0.1, -0.05) is 29.8 Å². The van der Waals surface area contributed by atoms with Crippen LogP contribution >= 0.6 is 11.6 Å². The third kappa shape index (κ3) is 2.58. The fraction of sp³-hybridized carbons (Fsp3) is 0.273. The molecule has 3 heterocycles. The van der Waals surface area contributed by atoms with E-state index in [1.165, 1.54) is 12.8 Å². The molecule has 0 saturated carbocycles. The Labute approximate surface area is 167 Å². The number of carbonyl (C=O) groups excluding carboxylic acids is 2. The van der Waals surface area contributed by atoms with Gasteiger partial charge < -0.3 is 4.57 Å². The lowest BCUT2D eigenvalue weighted by Crippen LogP contribution is -2.20. The van der Waals surface area contributed by atoms with Crippen LogP contribution < -0.4 is 5.32 Å². The molecule has 1 N–H and O–H groups in total. The summed E-state index contributed by atoms with van der Waals surface area (Å²) in [6, 6.07) is 9.41. The molecule has 0 atom stereocenters. The SMILES string of the molecule is Cn1cc(CN2CCCC2)c2c3c(c(-c4ccccc4Cl)cc21)C(=O)NC3=O. The highest BCUT2D eigenvalue weighted by Gasteiger charge is 2.34. The van der Waals surface area contributed by atoms with Crippen LogP contribution in [0.4, 0.5) is 0 Å². The van der Waals surface area contributed by atoms with Gasteiger partial charge in [-0.15, -0.1) is 0 Å². The van der Waals surface area contributed by atoms with Crippen LogP contribution in [0.2, 0.25) is 5.02 Å². The van der Waals surface area contributed by atoms with Gasteiger partial charge in [0, 0.05) is 41.3 Å². The Bertz CT molecular complexity index is 1140. The quantitative estimate of drug-likeness (QED) is 0.685. The van der Waals surface area contributed by atoms with E-state index in [-0.39, 0.29) is 11.8 Å². The summed E-state index contributed by atoms with van der Waals surface area (Å²) in [7, 11) is 1.98. The molecule has 3 aromatic rings. The van der Waals surface area contributed by atoms with Crippen molar-refractivity contribution in [1.29, 1.82) is 0 Å². The highest BCUT2D eigenvalue weighted by atomic mass is 35.5. The van der Waals surface area contributed by atoms with Gasteiger partial charge in [0.05, 0.1) is 11.1 Å². The second-order valence-corrected chi connectivity index (χ2v) is 7.99. The second kappa shape index (κ2) is 6.47. The number of imide groups is 1. The monoisotopic (exact) mass is 393 g/mol. The van der Waals surface area contributed by atoms with Crippen molar-refractivity contribution in [1.82, 2.24) is 14.8 Å². The minimum absolute atomic E-state index is 0.326. The van der Waals surface area contributed by atoms with Gasteiger partial charge in [-0.3, -0.25) is 19.8 Å². The smallest absolute Gasteiger partial charge is 0.259 e. The molecule has 28 heavy (non-hydrogen) atoms. The van der Waals surface area contributed by atoms with E-state index in [1.54, 1.807) is 6.07 Å². The highest BCUT2D eigenvalue weighted by molar-refractivity contribution is 6.35. The van der Waals surface area contributed by atoms with Gasteiger partial charge in [0.15, 0.2) is 0 Å². The van der Waals surface area contributed by atoms with Crippen molar-refractivity contribution >= 4 is 34.3 Å². The Balaban J connectivity index is 1.80. The number of halogens is 1. The molecule has 2 aliphatic heterocycles. The average molecular weight is 394 g/mol. The van der Waals surface area contributed by atoms with Crippen LogP contribution in [0.15, 0.2) is 36.5 Å². The van der Waals surface area contributed by atoms with Crippen molar-refractivity contribution in [2.75, 3.05) is 13.1 Å². The maximum absolute atomic E-state index is 12.8. The number of hydrogen-bond donors (Lipinski definition) is 1. The van der Waals surface area contributed by atoms with E-state index in [0.717, 1.165) is 41.7 Å². The van der Waals surface area contributed by atoms with Crippen LogP contribution in [0.1, 0.15) is 39.1 Å². The van der Waals surface area contributed by atoms with Crippen LogP contribution in [0.5, 0.6) is 0 Å². The highest BCUT2D eigenvalue weighted by Crippen LogP contribution is 2.40. The van der Waals surface area contributed by atoms with E-state index >= 15 is 0 Å². The maximum Gasteiger partial charge on any atom is 0.259 e. The summed E-state index contributed by atoms with van der Waals surface area (Å²) in [5.41, 5.74) is 4.39. The molecule has 5 rings (SSSR count). The average Bonchev–Trinajstić information content (AvgIpc) is 3.36. The molecule has 2 amide bonds. The van der Waals surface area contributed by atoms with E-state index in [2.05, 4.69) is 16.4 Å². The first-order chi connectivity index (χ1) is 13.5. The van der Waals surface area contributed by atoms with Gasteiger partial charge in [0.1, 0.15) is 0 Å². The number of fused-ring (bicyclic) bond motifs is 3. The lowest BCUT2D eigenvalue weighted by molar-refractivity contribution is 0.0880. The summed E-state index contributed by atoms with van der Waals surface area (Å²) >= 11 is 6.42. The van der Waals surface area contributed by atoms with Crippen molar-refractivity contribution in [3.63, 3.8) is 0 Å². The van der Waals surface area contributed by atoms with Gasteiger partial charge >= 0.3 is 0 Å². The summed E-state index contributed by atoms with van der Waals surface area (Å²) in [6.07, 6.45) is 4.49. The number of benzene rings is 2. The van der Waals surface area contributed by atoms with E-state index in [4.69, 9.17) is 11.6 Å². The van der Waals surface area contributed by atoms with E-state index < -0.39 is 0 Å². The summed E-state index contributed by atoms with van der Waals surface area (Å²) < 4.78 is 2.04. The predicted octanol–water partition coefficient (Wildman–Crippen LogP) is 3.98. The van der Waals surface area contributed by atoms with Crippen LogP contribution in [0.3, 0.4) is 0 Å². The van der Waals surface area contributed by atoms with Crippen LogP contribution in [0.25, 0.3) is 22.0 Å². The number of amides is 2. The largest absolute Gasteiger partial charge is 0.350 e. The summed E-state index contributed by atoms with van der Waals surface area (Å²) in [5, 5.41) is 3.93. The lowest BCUT2D eigenvalue weighted by Gasteiger charge is -2.15. The zero-order valence-corrected chi connectivity index (χ0v) is 16.3. The van der Waals surface area contributed by atoms with E-state index in [1.807, 2.05) is 35.9 Å². The molecule has 2 aromatic carbocycles. The van der Waals surface area contributed by atoms with Crippen LogP contribution in [-0.4, -0.2) is 34.4 Å². The van der Waals surface area contributed by atoms with Gasteiger partial charge in [-0.25, -0.2) is 0 Å². The molecule has 142 valence electrons. The lowest BCUT2D eigenvalue weighted by atomic mass is 9.92. The number of hydrogen-bond acceptors (Lipinski definition) is 3. The molecular formula is C22H20ClN3O2. The molecule has 0 bridgehead atoms. The number of nitrogens with zero attached hydrogens (tertiary/aromatic N) is 2. The van der Waals surface area contributed by atoms with Crippen LogP contribution in [-0.2, 0) is 13.6 Å². The molecule has 5 nitrogen and oxygen atoms in total. The first kappa shape index (κ1) is 17.5. The Kier molecular flexibility index (Phi) is 4.03. The minimum Gasteiger partial charge on any atom is -0.350 e. The molecular weight excluding hydrogens is 374 g/mol. The number of aromatic nitrogens is 1. The number of nitrogens with one attached hydrogen (secondary N) is 1. The Hall–Kier alpha value is -2.63. The third-order valence-corrected chi connectivity index (χ3v) is 6.12. The molecule has 1 saturated heterocycles. The van der Waals surface area contributed by atoms with Crippen molar-refractivity contribution in [3.8, 4) is 11.1 Å². The number of likely N-dealkylation sites (tertiary alicyclic amines) is 1. The fourth-order valence-corrected chi connectivity index (χ4v) is 4.76. The molecule has 1 aromatic heterocycles. The van der Waals surface area contributed by atoms with Crippen molar-refractivity contribution < 1.29 is 9.59 Å². The van der Waals surface area contributed by atoms with Crippen molar-refractivity contribution in [3.05, 3.63) is 58.2 Å². The number of carbonyl (C=O) groups is 2. The maximum atomic E-state index is 12.8. The molecule has 0 radical (unpaired) electrons. The van der Waals surface area contributed by atoms with Crippen molar-refractivity contribution in [2.45, 2.75) is 19.4 Å². The Morgan fingerprint density at radius 3 is 2.50 bits per heavy atom. The minimum atomic E-state index is -0.354. The Morgan fingerprint density at radius 2 is 1.75 bits per heavy atom. The summed E-state index contributed by atoms with van der Waals surface area (Å²) in [6.45, 7) is 2.93. The molecule has 0 unspecified atom stereocenters. The molecule has 6 heteroatoms. The number of aryl methyl sites for hydroxylation is 1. The van der Waals surface area contributed by atoms with Gasteiger partial charge in [-0.05, 0) is 49.2 Å². The van der Waals surface area contributed by atoms with Gasteiger partial charge in [0.25, 0.3) is 11.8 Å². The first-order valence-electron chi connectivity index (χ1n) is 9.52. The molecule has 0 spiro atoms. The van der Waals surface area contributed by atoms with E-state index in [0.29, 0.717) is 21.7 Å². The Morgan fingerprint density at radius 1 is 1.04 bits per heavy atom. The first-order valence-corrected chi connectivity index (χ1v) is 9.90. The fourth-order valence-electron chi connectivity index (χ4n) is 4.52. The normalized spacial score (nSPS) is 16.8. The second-order valence-electron chi connectivity index (χ2n) is 7.58. The van der Waals surface area contributed by atoms with Gasteiger partial charge in [0.2, 0.25) is 0 Å². The number of rotatable bonds is 3. The van der Waals surface area contributed by atoms with Crippen LogP contribution in [0, 0.1) is 0 Å². The summed E-state index contributed by atoms with van der Waals surface area (Å²) in [4.78, 5) is 27.9. The zero-order valence-electron chi connectivity index (χ0n) is 15.6. The molecule has 1 fully saturated rings. The standard InChI is InChI=1S/C22H20ClN3O2/c1-25-11-13(12-26-8-4-5-9-26)18-17(25)10-15(14-6-2-3-7-16(14)23)19-20(18)22(28)24-21(19)27/h2-3,6-7,10-11H,4-5,8-9,12H2,1H3,(H,24,27,28). The third-order valence-electron chi connectivity index (χ3n) is 5.79. The van der Waals surface area contributed by atoms with E-state index in [9.17, 15) is 9.59 Å². The topological polar surface area (TPSA) is 54.3 Å². The predicted molar refractivity (Wildman–Crippen MR) is 110 cm³/mol. The van der Waals surface area contributed by atoms with Crippen molar-refractivity contribution in [2.24, 2.45) is 7.05 Å². The molecule has 0 aliphatic carbocycles. The summed E-state index contributed by atoms with van der Waals surface area (Å²) in [5.74, 6) is -0.680.